The number of nitrogens with zero attached hydrogens (tertiary/aromatic N) is 1. The summed E-state index contributed by atoms with van der Waals surface area (Å²) in [6.07, 6.45) is 1.24. The van der Waals surface area contributed by atoms with Crippen molar-refractivity contribution in [2.75, 3.05) is 23.7 Å². The first-order valence-electron chi connectivity index (χ1n) is 10.3. The predicted molar refractivity (Wildman–Crippen MR) is 122 cm³/mol. The molecule has 31 heavy (non-hydrogen) atoms. The Balaban J connectivity index is 1.76. The van der Waals surface area contributed by atoms with E-state index in [1.165, 1.54) is 11.2 Å². The average molecular weight is 444 g/mol. The molecule has 8 heteroatoms. The maximum atomic E-state index is 13.4. The van der Waals surface area contributed by atoms with Gasteiger partial charge in [0.25, 0.3) is 0 Å². The van der Waals surface area contributed by atoms with E-state index in [0.29, 0.717) is 35.7 Å². The van der Waals surface area contributed by atoms with Gasteiger partial charge in [0.2, 0.25) is 21.8 Å². The first-order valence-corrected chi connectivity index (χ1v) is 11.8. The Labute approximate surface area is 183 Å². The molecule has 1 fully saturated rings. The second-order valence-electron chi connectivity index (χ2n) is 8.18. The fraction of sp³-hybridized carbons (Fsp3) is 0.391. The molecule has 1 saturated heterocycles. The van der Waals surface area contributed by atoms with Crippen molar-refractivity contribution in [1.82, 2.24) is 4.31 Å². The summed E-state index contributed by atoms with van der Waals surface area (Å²) >= 11 is 0. The lowest BCUT2D eigenvalue weighted by atomic mass is 9.98. The third kappa shape index (κ3) is 5.32. The first kappa shape index (κ1) is 23.0. The average Bonchev–Trinajstić information content (AvgIpc) is 2.66. The molecule has 1 aliphatic rings. The zero-order chi connectivity index (χ0) is 22.8. The largest absolute Gasteiger partial charge is 0.326 e. The molecule has 0 unspecified atom stereocenters. The zero-order valence-corrected chi connectivity index (χ0v) is 19.2. The van der Waals surface area contributed by atoms with Gasteiger partial charge in [0, 0.05) is 31.4 Å². The smallest absolute Gasteiger partial charge is 0.243 e. The molecule has 2 N–H and O–H groups in total. The Morgan fingerprint density at radius 2 is 1.61 bits per heavy atom. The molecular formula is C23H29N3O4S. The van der Waals surface area contributed by atoms with Crippen LogP contribution in [0.15, 0.2) is 41.3 Å². The van der Waals surface area contributed by atoms with Crippen LogP contribution in [0.3, 0.4) is 0 Å². The molecule has 0 spiro atoms. The summed E-state index contributed by atoms with van der Waals surface area (Å²) in [6, 6.07) is 10.6. The number of rotatable bonds is 5. The summed E-state index contributed by atoms with van der Waals surface area (Å²) in [4.78, 5) is 24.5. The van der Waals surface area contributed by atoms with Gasteiger partial charge in [0.1, 0.15) is 0 Å². The van der Waals surface area contributed by atoms with Crippen LogP contribution in [-0.2, 0) is 19.6 Å². The lowest BCUT2D eigenvalue weighted by molar-refractivity contribution is -0.121. The third-order valence-corrected chi connectivity index (χ3v) is 7.58. The van der Waals surface area contributed by atoms with Crippen LogP contribution in [0.25, 0.3) is 0 Å². The second kappa shape index (κ2) is 9.20. The molecule has 166 valence electrons. The normalized spacial score (nSPS) is 17.2. The second-order valence-corrected chi connectivity index (χ2v) is 10.1. The van der Waals surface area contributed by atoms with Gasteiger partial charge in [0.15, 0.2) is 0 Å². The van der Waals surface area contributed by atoms with Crippen molar-refractivity contribution in [1.29, 1.82) is 0 Å². The van der Waals surface area contributed by atoms with Crippen LogP contribution >= 0.6 is 0 Å². The van der Waals surface area contributed by atoms with Gasteiger partial charge in [-0.3, -0.25) is 9.59 Å². The van der Waals surface area contributed by atoms with Crippen molar-refractivity contribution in [3.05, 3.63) is 53.1 Å². The molecule has 0 saturated carbocycles. The van der Waals surface area contributed by atoms with E-state index in [-0.39, 0.29) is 18.4 Å². The Bertz CT molecular complexity index is 1090. The van der Waals surface area contributed by atoms with E-state index in [4.69, 9.17) is 0 Å². The first-order chi connectivity index (χ1) is 14.6. The van der Waals surface area contributed by atoms with Crippen LogP contribution in [0.1, 0.15) is 36.5 Å². The molecule has 2 aromatic rings. The van der Waals surface area contributed by atoms with Gasteiger partial charge in [-0.25, -0.2) is 8.42 Å². The molecule has 0 bridgehead atoms. The van der Waals surface area contributed by atoms with Crippen LogP contribution in [-0.4, -0.2) is 37.6 Å². The van der Waals surface area contributed by atoms with Gasteiger partial charge < -0.3 is 10.6 Å². The molecule has 0 aromatic heterocycles. The topological polar surface area (TPSA) is 95.6 Å². The molecule has 1 atom stereocenters. The SMILES string of the molecule is CC(=O)Nc1cccc(NC(=O)[C@H]2CCCN(S(=O)(=O)c3c(C)cc(C)cc3C)C2)c1. The Morgan fingerprint density at radius 1 is 1.00 bits per heavy atom. The lowest BCUT2D eigenvalue weighted by Crippen LogP contribution is -2.44. The monoisotopic (exact) mass is 443 g/mol. The number of piperidine rings is 1. The molecule has 2 amide bonds. The van der Waals surface area contributed by atoms with Gasteiger partial charge in [-0.2, -0.15) is 4.31 Å². The van der Waals surface area contributed by atoms with Crippen molar-refractivity contribution in [3.63, 3.8) is 0 Å². The number of sulfonamides is 1. The number of amides is 2. The van der Waals surface area contributed by atoms with Gasteiger partial charge in [0.05, 0.1) is 10.8 Å². The molecule has 1 aliphatic heterocycles. The minimum absolute atomic E-state index is 0.145. The molecule has 3 rings (SSSR count). The molecule has 7 nitrogen and oxygen atoms in total. The summed E-state index contributed by atoms with van der Waals surface area (Å²) in [5, 5.41) is 5.54. The van der Waals surface area contributed by atoms with Gasteiger partial charge in [-0.1, -0.05) is 23.8 Å². The van der Waals surface area contributed by atoms with Gasteiger partial charge >= 0.3 is 0 Å². The number of benzene rings is 2. The van der Waals surface area contributed by atoms with E-state index in [2.05, 4.69) is 10.6 Å². The van der Waals surface area contributed by atoms with Crippen molar-refractivity contribution < 1.29 is 18.0 Å². The number of carbonyl (C=O) groups is 2. The number of hydrogen-bond donors (Lipinski definition) is 2. The van der Waals surface area contributed by atoms with E-state index >= 15 is 0 Å². The third-order valence-electron chi connectivity index (χ3n) is 5.41. The van der Waals surface area contributed by atoms with Crippen molar-refractivity contribution >= 4 is 33.2 Å². The number of aryl methyl sites for hydroxylation is 3. The van der Waals surface area contributed by atoms with Crippen LogP contribution in [0.2, 0.25) is 0 Å². The quantitative estimate of drug-likeness (QED) is 0.738. The maximum absolute atomic E-state index is 13.4. The van der Waals surface area contributed by atoms with Crippen molar-refractivity contribution in [2.45, 2.75) is 45.4 Å². The van der Waals surface area contributed by atoms with Crippen LogP contribution in [0, 0.1) is 26.7 Å². The van der Waals surface area contributed by atoms with E-state index in [9.17, 15) is 18.0 Å². The van der Waals surface area contributed by atoms with Crippen molar-refractivity contribution in [3.8, 4) is 0 Å². The van der Waals surface area contributed by atoms with Crippen LogP contribution < -0.4 is 10.6 Å². The van der Waals surface area contributed by atoms with E-state index in [1.54, 1.807) is 24.3 Å². The van der Waals surface area contributed by atoms with E-state index in [0.717, 1.165) is 16.7 Å². The fourth-order valence-electron chi connectivity index (χ4n) is 4.20. The molecule has 0 radical (unpaired) electrons. The Kier molecular flexibility index (Phi) is 6.81. The highest BCUT2D eigenvalue weighted by atomic mass is 32.2. The zero-order valence-electron chi connectivity index (χ0n) is 18.4. The number of carbonyl (C=O) groups excluding carboxylic acids is 2. The summed E-state index contributed by atoms with van der Waals surface area (Å²) in [5.41, 5.74) is 3.61. The standard InChI is InChI=1S/C23H29N3O4S/c1-15-11-16(2)22(17(3)12-15)31(29,30)26-10-6-7-19(14-26)23(28)25-21-9-5-8-20(13-21)24-18(4)27/h5,8-9,11-13,19H,6-7,10,14H2,1-4H3,(H,24,27)(H,25,28)/t19-/m0/s1. The highest BCUT2D eigenvalue weighted by molar-refractivity contribution is 7.89. The summed E-state index contributed by atoms with van der Waals surface area (Å²) in [7, 11) is -3.69. The molecular weight excluding hydrogens is 414 g/mol. The van der Waals surface area contributed by atoms with E-state index in [1.807, 2.05) is 32.9 Å². The lowest BCUT2D eigenvalue weighted by Gasteiger charge is -2.32. The van der Waals surface area contributed by atoms with Crippen LogP contribution in [0.4, 0.5) is 11.4 Å². The molecule has 1 heterocycles. The highest BCUT2D eigenvalue weighted by Crippen LogP contribution is 2.29. The number of hydrogen-bond acceptors (Lipinski definition) is 4. The minimum Gasteiger partial charge on any atom is -0.326 e. The summed E-state index contributed by atoms with van der Waals surface area (Å²) in [6.45, 7) is 7.52. The highest BCUT2D eigenvalue weighted by Gasteiger charge is 2.34. The molecule has 0 aliphatic carbocycles. The molecule has 2 aromatic carbocycles. The Morgan fingerprint density at radius 3 is 2.23 bits per heavy atom. The maximum Gasteiger partial charge on any atom is 0.243 e. The van der Waals surface area contributed by atoms with Crippen LogP contribution in [0.5, 0.6) is 0 Å². The fourth-order valence-corrected chi connectivity index (χ4v) is 6.14. The number of nitrogens with one attached hydrogen (secondary N) is 2. The summed E-state index contributed by atoms with van der Waals surface area (Å²) < 4.78 is 28.2. The van der Waals surface area contributed by atoms with Gasteiger partial charge in [-0.15, -0.1) is 0 Å². The van der Waals surface area contributed by atoms with Crippen molar-refractivity contribution in [2.24, 2.45) is 5.92 Å². The van der Waals surface area contributed by atoms with Gasteiger partial charge in [-0.05, 0) is 62.9 Å². The van der Waals surface area contributed by atoms with E-state index < -0.39 is 15.9 Å². The number of anilines is 2. The Hall–Kier alpha value is -2.71. The predicted octanol–water partition coefficient (Wildman–Crippen LogP) is 3.61. The summed E-state index contributed by atoms with van der Waals surface area (Å²) in [5.74, 6) is -0.866. The minimum atomic E-state index is -3.69.